The highest BCUT2D eigenvalue weighted by molar-refractivity contribution is 9.10. The van der Waals surface area contributed by atoms with Crippen molar-refractivity contribution in [2.24, 2.45) is 0 Å². The van der Waals surface area contributed by atoms with E-state index in [0.29, 0.717) is 12.8 Å². The van der Waals surface area contributed by atoms with Crippen LogP contribution in [0.15, 0.2) is 28.7 Å². The Labute approximate surface area is 103 Å². The molecule has 1 aromatic carbocycles. The van der Waals surface area contributed by atoms with E-state index in [2.05, 4.69) is 15.9 Å². The third-order valence-corrected chi connectivity index (χ3v) is 3.26. The Kier molecular flexibility index (Phi) is 4.50. The van der Waals surface area contributed by atoms with Gasteiger partial charge in [0.2, 0.25) is 0 Å². The fraction of sp³-hybridized carbons (Fsp3) is 0.417. The van der Waals surface area contributed by atoms with Crippen LogP contribution < -0.4 is 0 Å². The minimum atomic E-state index is -0.938. The van der Waals surface area contributed by atoms with Gasteiger partial charge in [-0.3, -0.25) is 4.79 Å². The summed E-state index contributed by atoms with van der Waals surface area (Å²) in [6.07, 6.45) is 0.907. The van der Waals surface area contributed by atoms with E-state index in [1.54, 1.807) is 13.0 Å². The van der Waals surface area contributed by atoms with Gasteiger partial charge in [0.1, 0.15) is 0 Å². The topological polar surface area (TPSA) is 57.5 Å². The molecule has 1 atom stereocenters. The van der Waals surface area contributed by atoms with Gasteiger partial charge < -0.3 is 10.2 Å². The van der Waals surface area contributed by atoms with Crippen molar-refractivity contribution in [2.75, 3.05) is 6.61 Å². The highest BCUT2D eigenvalue weighted by Gasteiger charge is 2.34. The van der Waals surface area contributed by atoms with E-state index in [1.165, 1.54) is 0 Å². The molecule has 3 nitrogen and oxygen atoms in total. The molecule has 0 saturated heterocycles. The fourth-order valence-corrected chi connectivity index (χ4v) is 2.04. The molecule has 4 heteroatoms. The number of carboxylic acid groups (broad SMARTS) is 1. The lowest BCUT2D eigenvalue weighted by Gasteiger charge is -2.25. The van der Waals surface area contributed by atoms with Crippen LogP contribution in [-0.2, 0) is 10.2 Å². The van der Waals surface area contributed by atoms with Gasteiger partial charge in [0.05, 0.1) is 5.41 Å². The van der Waals surface area contributed by atoms with Gasteiger partial charge in [-0.2, -0.15) is 0 Å². The molecule has 1 rings (SSSR count). The summed E-state index contributed by atoms with van der Waals surface area (Å²) < 4.78 is 0.862. The third-order valence-electron chi connectivity index (χ3n) is 2.77. The number of benzene rings is 1. The first kappa shape index (κ1) is 13.2. The van der Waals surface area contributed by atoms with E-state index in [4.69, 9.17) is 5.11 Å². The van der Waals surface area contributed by atoms with Gasteiger partial charge in [-0.15, -0.1) is 0 Å². The van der Waals surface area contributed by atoms with Crippen molar-refractivity contribution in [1.82, 2.24) is 0 Å². The molecule has 0 spiro atoms. The van der Waals surface area contributed by atoms with Gasteiger partial charge in [0.25, 0.3) is 0 Å². The molecule has 0 aliphatic rings. The second-order valence-electron chi connectivity index (χ2n) is 3.97. The Bertz CT molecular complexity index is 378. The maximum atomic E-state index is 11.3. The molecule has 0 radical (unpaired) electrons. The molecule has 0 fully saturated rings. The number of carbonyl (C=O) groups is 1. The largest absolute Gasteiger partial charge is 0.481 e. The molecule has 2 N–H and O–H groups in total. The van der Waals surface area contributed by atoms with Crippen LogP contribution in [0.1, 0.15) is 25.3 Å². The molecule has 88 valence electrons. The lowest BCUT2D eigenvalue weighted by molar-refractivity contribution is -0.143. The van der Waals surface area contributed by atoms with Crippen molar-refractivity contribution < 1.29 is 15.0 Å². The SMILES string of the molecule is CC(CCCO)(C(=O)O)c1cccc(Br)c1. The van der Waals surface area contributed by atoms with E-state index >= 15 is 0 Å². The van der Waals surface area contributed by atoms with Crippen LogP contribution in [-0.4, -0.2) is 22.8 Å². The number of hydrogen-bond donors (Lipinski definition) is 2. The van der Waals surface area contributed by atoms with Crippen molar-refractivity contribution in [3.05, 3.63) is 34.3 Å². The molecule has 0 amide bonds. The van der Waals surface area contributed by atoms with Gasteiger partial charge in [-0.1, -0.05) is 28.1 Å². The predicted molar refractivity (Wildman–Crippen MR) is 65.4 cm³/mol. The average Bonchev–Trinajstić information content (AvgIpc) is 2.25. The van der Waals surface area contributed by atoms with Crippen molar-refractivity contribution in [2.45, 2.75) is 25.2 Å². The number of rotatable bonds is 5. The molecular formula is C12H15BrO3. The molecule has 0 saturated carbocycles. The summed E-state index contributed by atoms with van der Waals surface area (Å²) in [5.41, 5.74) is -0.185. The van der Waals surface area contributed by atoms with E-state index in [-0.39, 0.29) is 6.61 Å². The van der Waals surface area contributed by atoms with Gasteiger partial charge in [0.15, 0.2) is 0 Å². The molecular weight excluding hydrogens is 272 g/mol. The van der Waals surface area contributed by atoms with E-state index in [9.17, 15) is 9.90 Å². The van der Waals surface area contributed by atoms with Gasteiger partial charge in [-0.05, 0) is 37.5 Å². The van der Waals surface area contributed by atoms with E-state index in [1.807, 2.05) is 18.2 Å². The Hall–Kier alpha value is -0.870. The summed E-state index contributed by atoms with van der Waals surface area (Å²) >= 11 is 3.33. The Morgan fingerprint density at radius 1 is 1.50 bits per heavy atom. The minimum Gasteiger partial charge on any atom is -0.481 e. The minimum absolute atomic E-state index is 0.0108. The first-order valence-electron chi connectivity index (χ1n) is 5.11. The Morgan fingerprint density at radius 2 is 2.19 bits per heavy atom. The molecule has 0 aliphatic heterocycles. The van der Waals surface area contributed by atoms with E-state index in [0.717, 1.165) is 10.0 Å². The summed E-state index contributed by atoms with van der Waals surface area (Å²) in [6, 6.07) is 7.29. The van der Waals surface area contributed by atoms with Crippen LogP contribution in [0.2, 0.25) is 0 Å². The quantitative estimate of drug-likeness (QED) is 0.875. The van der Waals surface area contributed by atoms with Crippen LogP contribution in [0.25, 0.3) is 0 Å². The predicted octanol–water partition coefficient (Wildman–Crippen LogP) is 2.56. The number of carboxylic acids is 1. The fourth-order valence-electron chi connectivity index (χ4n) is 1.64. The highest BCUT2D eigenvalue weighted by atomic mass is 79.9. The molecule has 16 heavy (non-hydrogen) atoms. The first-order chi connectivity index (χ1) is 7.50. The summed E-state index contributed by atoms with van der Waals surface area (Å²) in [7, 11) is 0. The molecule has 0 aromatic heterocycles. The number of halogens is 1. The van der Waals surface area contributed by atoms with Gasteiger partial charge >= 0.3 is 5.97 Å². The lowest BCUT2D eigenvalue weighted by atomic mass is 9.79. The van der Waals surface area contributed by atoms with Crippen LogP contribution in [0.3, 0.4) is 0 Å². The molecule has 0 aliphatic carbocycles. The average molecular weight is 287 g/mol. The number of aliphatic carboxylic acids is 1. The van der Waals surface area contributed by atoms with Gasteiger partial charge in [-0.25, -0.2) is 0 Å². The highest BCUT2D eigenvalue weighted by Crippen LogP contribution is 2.31. The van der Waals surface area contributed by atoms with Crippen molar-refractivity contribution in [3.8, 4) is 0 Å². The molecule has 0 bridgehead atoms. The zero-order valence-corrected chi connectivity index (χ0v) is 10.7. The van der Waals surface area contributed by atoms with Crippen molar-refractivity contribution >= 4 is 21.9 Å². The van der Waals surface area contributed by atoms with Crippen molar-refractivity contribution in [1.29, 1.82) is 0 Å². The summed E-state index contributed by atoms with van der Waals surface area (Å²) in [5, 5.41) is 18.1. The second kappa shape index (κ2) is 5.46. The zero-order valence-electron chi connectivity index (χ0n) is 9.11. The normalized spacial score (nSPS) is 14.4. The summed E-state index contributed by atoms with van der Waals surface area (Å²) in [6.45, 7) is 1.70. The Morgan fingerprint density at radius 3 is 2.69 bits per heavy atom. The summed E-state index contributed by atoms with van der Waals surface area (Å²) in [4.78, 5) is 11.3. The van der Waals surface area contributed by atoms with Crippen molar-refractivity contribution in [3.63, 3.8) is 0 Å². The second-order valence-corrected chi connectivity index (χ2v) is 4.89. The van der Waals surface area contributed by atoms with Crippen LogP contribution in [0, 0.1) is 0 Å². The maximum Gasteiger partial charge on any atom is 0.313 e. The lowest BCUT2D eigenvalue weighted by Crippen LogP contribution is -2.32. The standard InChI is InChI=1S/C12H15BrO3/c1-12(11(15)16,6-3-7-14)9-4-2-5-10(13)8-9/h2,4-5,8,14H,3,6-7H2,1H3,(H,15,16). The summed E-state index contributed by atoms with van der Waals surface area (Å²) in [5.74, 6) is -0.862. The first-order valence-corrected chi connectivity index (χ1v) is 5.90. The molecule has 1 aromatic rings. The van der Waals surface area contributed by atoms with E-state index < -0.39 is 11.4 Å². The molecule has 1 unspecified atom stereocenters. The van der Waals surface area contributed by atoms with Gasteiger partial charge in [0, 0.05) is 11.1 Å². The van der Waals surface area contributed by atoms with Crippen LogP contribution in [0.4, 0.5) is 0 Å². The smallest absolute Gasteiger partial charge is 0.313 e. The Balaban J connectivity index is 3.06. The molecule has 0 heterocycles. The maximum absolute atomic E-state index is 11.3. The number of aliphatic hydroxyl groups is 1. The number of hydrogen-bond acceptors (Lipinski definition) is 2. The monoisotopic (exact) mass is 286 g/mol. The van der Waals surface area contributed by atoms with Crippen LogP contribution in [0.5, 0.6) is 0 Å². The number of aliphatic hydroxyl groups excluding tert-OH is 1. The third kappa shape index (κ3) is 2.83. The van der Waals surface area contributed by atoms with Crippen LogP contribution >= 0.6 is 15.9 Å². The zero-order chi connectivity index (χ0) is 12.2.